The summed E-state index contributed by atoms with van der Waals surface area (Å²) >= 11 is 3.51. The van der Waals surface area contributed by atoms with Crippen LogP contribution >= 0.6 is 23.3 Å². The summed E-state index contributed by atoms with van der Waals surface area (Å²) < 4.78 is 4.91. The van der Waals surface area contributed by atoms with Gasteiger partial charge in [0.15, 0.2) is 0 Å². The van der Waals surface area contributed by atoms with Crippen LogP contribution in [-0.2, 0) is 9.53 Å². The molecule has 0 aromatic heterocycles. The van der Waals surface area contributed by atoms with Crippen molar-refractivity contribution in [2.24, 2.45) is 0 Å². The summed E-state index contributed by atoms with van der Waals surface area (Å²) in [5, 5.41) is 2.00. The van der Waals surface area contributed by atoms with Crippen LogP contribution in [0.5, 0.6) is 0 Å². The zero-order valence-corrected chi connectivity index (χ0v) is 9.44. The van der Waals surface area contributed by atoms with Crippen molar-refractivity contribution in [3.8, 4) is 0 Å². The second kappa shape index (κ2) is 3.66. The molecule has 12 heavy (non-hydrogen) atoms. The predicted molar refractivity (Wildman–Crippen MR) is 56.3 cm³/mol. The quantitative estimate of drug-likeness (QED) is 0.705. The van der Waals surface area contributed by atoms with Crippen LogP contribution < -0.4 is 0 Å². The number of allylic oxidation sites excluding steroid dienone is 2. The lowest BCUT2D eigenvalue weighted by Crippen LogP contribution is -2.08. The molecule has 1 aliphatic rings. The highest BCUT2D eigenvalue weighted by Gasteiger charge is 2.26. The molecule has 1 unspecified atom stereocenters. The molecule has 0 amide bonds. The molecule has 1 atom stereocenters. The molecule has 0 aromatic carbocycles. The minimum atomic E-state index is -1.19. The molecule has 0 aliphatic carbocycles. The second-order valence-electron chi connectivity index (χ2n) is 2.46. The Labute approximate surface area is 81.2 Å². The first kappa shape index (κ1) is 9.86. The number of hydrogen-bond acceptors (Lipinski definition) is 2. The second-order valence-corrected chi connectivity index (χ2v) is 8.96. The van der Waals surface area contributed by atoms with E-state index in [0.717, 1.165) is 4.91 Å². The first-order valence-electron chi connectivity index (χ1n) is 3.61. The van der Waals surface area contributed by atoms with E-state index < -0.39 is 8.46 Å². The Morgan fingerprint density at radius 2 is 2.42 bits per heavy atom. The standard InChI is InChI=1S/C8H11BrO2S/c1-3-11-8(10)7-5-4-6-12(7,2)9/h4-6H,3H2,1-2H3. The zero-order valence-electron chi connectivity index (χ0n) is 7.04. The van der Waals surface area contributed by atoms with Gasteiger partial charge in [0.25, 0.3) is 0 Å². The summed E-state index contributed by atoms with van der Waals surface area (Å²) in [4.78, 5) is 12.1. The molecule has 0 spiro atoms. The number of carbonyl (C=O) groups excluding carboxylic acids is 1. The van der Waals surface area contributed by atoms with Gasteiger partial charge in [-0.15, -0.1) is 8.46 Å². The van der Waals surface area contributed by atoms with E-state index in [4.69, 9.17) is 4.74 Å². The number of halogens is 1. The van der Waals surface area contributed by atoms with Gasteiger partial charge in [-0.2, -0.15) is 0 Å². The van der Waals surface area contributed by atoms with Crippen molar-refractivity contribution in [2.45, 2.75) is 6.92 Å². The Balaban J connectivity index is 2.72. The first-order chi connectivity index (χ1) is 5.58. The molecule has 0 radical (unpaired) electrons. The highest BCUT2D eigenvalue weighted by Crippen LogP contribution is 2.63. The van der Waals surface area contributed by atoms with Gasteiger partial charge >= 0.3 is 5.97 Å². The summed E-state index contributed by atoms with van der Waals surface area (Å²) in [6, 6.07) is 0. The van der Waals surface area contributed by atoms with Gasteiger partial charge in [0.1, 0.15) is 0 Å². The number of ether oxygens (including phenoxy) is 1. The molecule has 2 nitrogen and oxygen atoms in total. The third-order valence-corrected chi connectivity index (χ3v) is 5.01. The van der Waals surface area contributed by atoms with Gasteiger partial charge in [-0.05, 0) is 39.5 Å². The van der Waals surface area contributed by atoms with E-state index in [0.29, 0.717) is 6.61 Å². The van der Waals surface area contributed by atoms with Gasteiger partial charge in [0.05, 0.1) is 11.5 Å². The number of esters is 1. The van der Waals surface area contributed by atoms with E-state index >= 15 is 0 Å². The lowest BCUT2D eigenvalue weighted by Gasteiger charge is -2.22. The van der Waals surface area contributed by atoms with Crippen molar-refractivity contribution in [2.75, 3.05) is 12.9 Å². The molecule has 0 saturated carbocycles. The summed E-state index contributed by atoms with van der Waals surface area (Å²) in [6.07, 6.45) is 5.69. The monoisotopic (exact) mass is 250 g/mol. The van der Waals surface area contributed by atoms with Crippen LogP contribution in [0.2, 0.25) is 0 Å². The van der Waals surface area contributed by atoms with Crippen LogP contribution in [0.1, 0.15) is 6.92 Å². The highest BCUT2D eigenvalue weighted by molar-refractivity contribution is 9.59. The van der Waals surface area contributed by atoms with Gasteiger partial charge in [0, 0.05) is 0 Å². The van der Waals surface area contributed by atoms with Crippen LogP contribution in [0, 0.1) is 0 Å². The summed E-state index contributed by atoms with van der Waals surface area (Å²) in [6.45, 7) is 2.24. The Hall–Kier alpha value is -0.220. The fourth-order valence-corrected chi connectivity index (χ4v) is 3.26. The van der Waals surface area contributed by atoms with E-state index in [1.165, 1.54) is 0 Å². The van der Waals surface area contributed by atoms with Gasteiger partial charge in [0.2, 0.25) is 0 Å². The molecule has 0 fully saturated rings. The average molecular weight is 251 g/mol. The lowest BCUT2D eigenvalue weighted by atomic mass is 10.5. The van der Waals surface area contributed by atoms with Crippen LogP contribution in [0.4, 0.5) is 0 Å². The van der Waals surface area contributed by atoms with Gasteiger partial charge in [-0.25, -0.2) is 4.79 Å². The lowest BCUT2D eigenvalue weighted by molar-refractivity contribution is -0.137. The molecule has 0 aromatic rings. The normalized spacial score (nSPS) is 32.4. The maximum atomic E-state index is 11.3. The maximum absolute atomic E-state index is 11.3. The van der Waals surface area contributed by atoms with E-state index in [-0.39, 0.29) is 5.97 Å². The number of rotatable bonds is 2. The summed E-state index contributed by atoms with van der Waals surface area (Å²) in [7, 11) is -1.19. The van der Waals surface area contributed by atoms with Crippen molar-refractivity contribution < 1.29 is 9.53 Å². The van der Waals surface area contributed by atoms with E-state index in [1.807, 2.05) is 30.7 Å². The molecule has 0 bridgehead atoms. The number of carbonyl (C=O) groups is 1. The van der Waals surface area contributed by atoms with Gasteiger partial charge < -0.3 is 4.74 Å². The first-order valence-corrected chi connectivity index (χ1v) is 7.56. The molecule has 0 N–H and O–H groups in total. The van der Waals surface area contributed by atoms with Crippen molar-refractivity contribution in [1.82, 2.24) is 0 Å². The molecule has 4 heteroatoms. The topological polar surface area (TPSA) is 26.3 Å². The molecular weight excluding hydrogens is 240 g/mol. The minimum Gasteiger partial charge on any atom is -0.462 e. The van der Waals surface area contributed by atoms with Crippen molar-refractivity contribution in [3.63, 3.8) is 0 Å². The zero-order chi connectivity index (χ0) is 9.19. The summed E-state index contributed by atoms with van der Waals surface area (Å²) in [5.41, 5.74) is 0. The largest absolute Gasteiger partial charge is 0.462 e. The number of hydrogen-bond donors (Lipinski definition) is 0. The van der Waals surface area contributed by atoms with Crippen LogP contribution in [0.15, 0.2) is 22.5 Å². The maximum Gasteiger partial charge on any atom is 0.344 e. The molecule has 0 saturated heterocycles. The van der Waals surface area contributed by atoms with E-state index in [9.17, 15) is 4.79 Å². The van der Waals surface area contributed by atoms with Crippen LogP contribution in [0.3, 0.4) is 0 Å². The van der Waals surface area contributed by atoms with Crippen LogP contribution in [-0.4, -0.2) is 18.8 Å². The average Bonchev–Trinajstić information content (AvgIpc) is 2.30. The highest BCUT2D eigenvalue weighted by atomic mass is 79.9. The van der Waals surface area contributed by atoms with Crippen molar-refractivity contribution in [1.29, 1.82) is 0 Å². The van der Waals surface area contributed by atoms with Crippen molar-refractivity contribution >= 4 is 29.2 Å². The fourth-order valence-electron chi connectivity index (χ4n) is 0.914. The van der Waals surface area contributed by atoms with Gasteiger partial charge in [-0.3, -0.25) is 0 Å². The smallest absolute Gasteiger partial charge is 0.344 e. The van der Waals surface area contributed by atoms with Crippen molar-refractivity contribution in [3.05, 3.63) is 22.5 Å². The SMILES string of the molecule is CCOC(=O)C1=CC=CS1(C)Br. The van der Waals surface area contributed by atoms with Gasteiger partial charge in [-0.1, -0.05) is 6.08 Å². The molecule has 1 heterocycles. The molecular formula is C8H11BrO2S. The predicted octanol–water partition coefficient (Wildman–Crippen LogP) is 2.71. The third kappa shape index (κ3) is 1.93. The minimum absolute atomic E-state index is 0.211. The molecule has 1 aliphatic heterocycles. The Morgan fingerprint density at radius 1 is 1.75 bits per heavy atom. The third-order valence-electron chi connectivity index (χ3n) is 1.49. The van der Waals surface area contributed by atoms with E-state index in [2.05, 4.69) is 14.8 Å². The Morgan fingerprint density at radius 3 is 2.83 bits per heavy atom. The Bertz CT molecular complexity index is 256. The van der Waals surface area contributed by atoms with Crippen LogP contribution in [0.25, 0.3) is 0 Å². The van der Waals surface area contributed by atoms with E-state index in [1.54, 1.807) is 0 Å². The fraction of sp³-hybridized carbons (Fsp3) is 0.375. The Kier molecular flexibility index (Phi) is 3.01. The molecule has 68 valence electrons. The summed E-state index contributed by atoms with van der Waals surface area (Å²) in [5.74, 6) is -0.211. The molecule has 1 rings (SSSR count).